The summed E-state index contributed by atoms with van der Waals surface area (Å²) < 4.78 is 16.4. The molecule has 0 aromatic heterocycles. The normalized spacial score (nSPS) is 11.7. The number of amides is 1. The van der Waals surface area contributed by atoms with Crippen molar-refractivity contribution in [3.05, 3.63) is 48.5 Å². The van der Waals surface area contributed by atoms with Gasteiger partial charge in [-0.2, -0.15) is 0 Å². The summed E-state index contributed by atoms with van der Waals surface area (Å²) in [7, 11) is 1.59. The van der Waals surface area contributed by atoms with Gasteiger partial charge in [0.2, 0.25) is 0 Å². The largest absolute Gasteiger partial charge is 0.497 e. The van der Waals surface area contributed by atoms with E-state index in [1.807, 2.05) is 36.4 Å². The molecule has 0 heterocycles. The van der Waals surface area contributed by atoms with Crippen molar-refractivity contribution in [2.45, 2.75) is 26.9 Å². The van der Waals surface area contributed by atoms with Crippen molar-refractivity contribution in [3.63, 3.8) is 0 Å². The summed E-state index contributed by atoms with van der Waals surface area (Å²) in [6.45, 7) is 6.56. The van der Waals surface area contributed by atoms with Crippen LogP contribution >= 0.6 is 0 Å². The molecular weight excluding hydrogens is 318 g/mol. The van der Waals surface area contributed by atoms with Gasteiger partial charge < -0.3 is 19.5 Å². The molecule has 5 nitrogen and oxygen atoms in total. The molecule has 0 aliphatic heterocycles. The molecule has 1 amide bonds. The SMILES string of the molecule is COc1cccc(OC(C)C(=O)Nc2ccc(OCC(C)C)cc2)c1. The van der Waals surface area contributed by atoms with E-state index in [0.717, 1.165) is 5.75 Å². The lowest BCUT2D eigenvalue weighted by Gasteiger charge is -2.15. The minimum absolute atomic E-state index is 0.223. The molecular formula is C20H25NO4. The third kappa shape index (κ3) is 6.03. The van der Waals surface area contributed by atoms with Crippen LogP contribution in [0.15, 0.2) is 48.5 Å². The van der Waals surface area contributed by atoms with Crippen LogP contribution in [0.5, 0.6) is 17.2 Å². The monoisotopic (exact) mass is 343 g/mol. The van der Waals surface area contributed by atoms with Crippen LogP contribution in [0.4, 0.5) is 5.69 Å². The molecule has 2 aromatic rings. The molecule has 0 aliphatic carbocycles. The highest BCUT2D eigenvalue weighted by atomic mass is 16.5. The molecule has 0 radical (unpaired) electrons. The summed E-state index contributed by atoms with van der Waals surface area (Å²) in [5, 5.41) is 2.83. The predicted molar refractivity (Wildman–Crippen MR) is 98.5 cm³/mol. The molecule has 134 valence electrons. The van der Waals surface area contributed by atoms with E-state index in [2.05, 4.69) is 19.2 Å². The maximum atomic E-state index is 12.3. The Morgan fingerprint density at radius 3 is 2.32 bits per heavy atom. The van der Waals surface area contributed by atoms with E-state index < -0.39 is 6.10 Å². The highest BCUT2D eigenvalue weighted by Gasteiger charge is 2.15. The van der Waals surface area contributed by atoms with E-state index in [1.54, 1.807) is 26.2 Å². The van der Waals surface area contributed by atoms with Crippen molar-refractivity contribution in [2.75, 3.05) is 19.0 Å². The van der Waals surface area contributed by atoms with Gasteiger partial charge in [0.05, 0.1) is 13.7 Å². The Balaban J connectivity index is 1.89. The smallest absolute Gasteiger partial charge is 0.265 e. The molecule has 2 rings (SSSR count). The fraction of sp³-hybridized carbons (Fsp3) is 0.350. The summed E-state index contributed by atoms with van der Waals surface area (Å²) in [6, 6.07) is 14.5. The number of nitrogens with one attached hydrogen (secondary N) is 1. The Morgan fingerprint density at radius 1 is 1.00 bits per heavy atom. The van der Waals surface area contributed by atoms with Crippen LogP contribution in [0.1, 0.15) is 20.8 Å². The molecule has 25 heavy (non-hydrogen) atoms. The van der Waals surface area contributed by atoms with Gasteiger partial charge in [0.1, 0.15) is 17.2 Å². The van der Waals surface area contributed by atoms with Crippen molar-refractivity contribution >= 4 is 11.6 Å². The first kappa shape index (κ1) is 18.6. The summed E-state index contributed by atoms with van der Waals surface area (Å²) in [6.07, 6.45) is -0.635. The van der Waals surface area contributed by atoms with Gasteiger partial charge in [-0.3, -0.25) is 4.79 Å². The van der Waals surface area contributed by atoms with E-state index in [-0.39, 0.29) is 5.91 Å². The van der Waals surface area contributed by atoms with Crippen LogP contribution in [0, 0.1) is 5.92 Å². The number of hydrogen-bond donors (Lipinski definition) is 1. The zero-order valence-corrected chi connectivity index (χ0v) is 15.1. The van der Waals surface area contributed by atoms with Gasteiger partial charge in [0, 0.05) is 11.8 Å². The van der Waals surface area contributed by atoms with Gasteiger partial charge in [-0.25, -0.2) is 0 Å². The molecule has 1 unspecified atom stereocenters. The van der Waals surface area contributed by atoms with Crippen molar-refractivity contribution in [1.82, 2.24) is 0 Å². The maximum Gasteiger partial charge on any atom is 0.265 e. The highest BCUT2D eigenvalue weighted by molar-refractivity contribution is 5.94. The van der Waals surface area contributed by atoms with Crippen LogP contribution in [-0.4, -0.2) is 25.7 Å². The first-order valence-corrected chi connectivity index (χ1v) is 8.32. The lowest BCUT2D eigenvalue weighted by molar-refractivity contribution is -0.122. The molecule has 0 aliphatic rings. The Labute approximate surface area is 148 Å². The zero-order chi connectivity index (χ0) is 18.2. The van der Waals surface area contributed by atoms with Gasteiger partial charge >= 0.3 is 0 Å². The molecule has 5 heteroatoms. The molecule has 0 saturated carbocycles. The Kier molecular flexibility index (Phi) is 6.69. The first-order valence-electron chi connectivity index (χ1n) is 8.32. The van der Waals surface area contributed by atoms with E-state index >= 15 is 0 Å². The van der Waals surface area contributed by atoms with Crippen molar-refractivity contribution in [3.8, 4) is 17.2 Å². The van der Waals surface area contributed by atoms with E-state index in [0.29, 0.717) is 29.7 Å². The third-order valence-corrected chi connectivity index (χ3v) is 3.43. The second-order valence-corrected chi connectivity index (χ2v) is 6.16. The summed E-state index contributed by atoms with van der Waals surface area (Å²) in [5.41, 5.74) is 0.697. The number of methoxy groups -OCH3 is 1. The standard InChI is InChI=1S/C20H25NO4/c1-14(2)13-24-17-10-8-16(9-11-17)21-20(22)15(3)25-19-7-5-6-18(12-19)23-4/h5-12,14-15H,13H2,1-4H3,(H,21,22). The lowest BCUT2D eigenvalue weighted by Crippen LogP contribution is -2.30. The minimum atomic E-state index is -0.635. The Hall–Kier alpha value is -2.69. The van der Waals surface area contributed by atoms with Crippen molar-refractivity contribution in [2.24, 2.45) is 5.92 Å². The Morgan fingerprint density at radius 2 is 1.68 bits per heavy atom. The van der Waals surface area contributed by atoms with Crippen LogP contribution in [0.3, 0.4) is 0 Å². The molecule has 1 N–H and O–H groups in total. The highest BCUT2D eigenvalue weighted by Crippen LogP contribution is 2.21. The van der Waals surface area contributed by atoms with Gasteiger partial charge in [-0.1, -0.05) is 19.9 Å². The van der Waals surface area contributed by atoms with Crippen molar-refractivity contribution in [1.29, 1.82) is 0 Å². The summed E-state index contributed by atoms with van der Waals surface area (Å²) in [5.74, 6) is 2.29. The fourth-order valence-electron chi connectivity index (χ4n) is 2.07. The molecule has 2 aromatic carbocycles. The topological polar surface area (TPSA) is 56.8 Å². The number of benzene rings is 2. The Bertz CT molecular complexity index is 682. The average molecular weight is 343 g/mol. The third-order valence-electron chi connectivity index (χ3n) is 3.43. The quantitative estimate of drug-likeness (QED) is 0.783. The van der Waals surface area contributed by atoms with Gasteiger partial charge in [-0.05, 0) is 49.2 Å². The minimum Gasteiger partial charge on any atom is -0.497 e. The summed E-state index contributed by atoms with van der Waals surface area (Å²) >= 11 is 0. The van der Waals surface area contributed by atoms with Gasteiger partial charge in [-0.15, -0.1) is 0 Å². The van der Waals surface area contributed by atoms with E-state index in [1.165, 1.54) is 0 Å². The number of rotatable bonds is 8. The number of ether oxygens (including phenoxy) is 3. The fourth-order valence-corrected chi connectivity index (χ4v) is 2.07. The zero-order valence-electron chi connectivity index (χ0n) is 15.1. The van der Waals surface area contributed by atoms with Gasteiger partial charge in [0.15, 0.2) is 6.10 Å². The van der Waals surface area contributed by atoms with Gasteiger partial charge in [0.25, 0.3) is 5.91 Å². The van der Waals surface area contributed by atoms with Crippen LogP contribution in [0.25, 0.3) is 0 Å². The molecule has 0 fully saturated rings. The number of hydrogen-bond acceptors (Lipinski definition) is 4. The number of anilines is 1. The lowest BCUT2D eigenvalue weighted by atomic mass is 10.2. The first-order chi connectivity index (χ1) is 12.0. The molecule has 0 bridgehead atoms. The number of carbonyl (C=O) groups is 1. The van der Waals surface area contributed by atoms with E-state index in [9.17, 15) is 4.79 Å². The molecule has 1 atom stereocenters. The summed E-state index contributed by atoms with van der Waals surface area (Å²) in [4.78, 5) is 12.3. The average Bonchev–Trinajstić information content (AvgIpc) is 2.61. The maximum absolute atomic E-state index is 12.3. The number of carbonyl (C=O) groups excluding carboxylic acids is 1. The molecule has 0 saturated heterocycles. The van der Waals surface area contributed by atoms with Crippen LogP contribution < -0.4 is 19.5 Å². The van der Waals surface area contributed by atoms with Crippen LogP contribution in [0.2, 0.25) is 0 Å². The predicted octanol–water partition coefficient (Wildman–Crippen LogP) is 4.14. The van der Waals surface area contributed by atoms with Crippen molar-refractivity contribution < 1.29 is 19.0 Å². The molecule has 0 spiro atoms. The van der Waals surface area contributed by atoms with E-state index in [4.69, 9.17) is 14.2 Å². The second kappa shape index (κ2) is 8.97. The second-order valence-electron chi connectivity index (χ2n) is 6.16. The van der Waals surface area contributed by atoms with Crippen LogP contribution in [-0.2, 0) is 4.79 Å².